The molecule has 0 aliphatic rings. The van der Waals surface area contributed by atoms with Crippen LogP contribution in [-0.4, -0.2) is 5.91 Å². The Morgan fingerprint density at radius 2 is 1.62 bits per heavy atom. The molecule has 26 heavy (non-hydrogen) atoms. The molecular weight excluding hydrogens is 344 g/mol. The summed E-state index contributed by atoms with van der Waals surface area (Å²) in [4.78, 5) is 12.3. The highest BCUT2D eigenvalue weighted by Gasteiger charge is 2.10. The molecule has 3 aromatic rings. The first-order valence-corrected chi connectivity index (χ1v) is 9.04. The van der Waals surface area contributed by atoms with E-state index in [2.05, 4.69) is 29.7 Å². The molecule has 0 fully saturated rings. The number of rotatable bonds is 6. The van der Waals surface area contributed by atoms with Crippen LogP contribution in [0.15, 0.2) is 78.9 Å². The maximum Gasteiger partial charge on any atom is 0.255 e. The molecule has 0 aliphatic heterocycles. The molecule has 0 saturated carbocycles. The van der Waals surface area contributed by atoms with Crippen LogP contribution in [0, 0.1) is 0 Å². The third-order valence-corrected chi connectivity index (χ3v) is 4.60. The van der Waals surface area contributed by atoms with Crippen molar-refractivity contribution in [2.45, 2.75) is 19.5 Å². The van der Waals surface area contributed by atoms with Crippen molar-refractivity contribution in [2.24, 2.45) is 0 Å². The highest BCUT2D eigenvalue weighted by molar-refractivity contribution is 6.30. The average molecular weight is 366 g/mol. The van der Waals surface area contributed by atoms with E-state index in [0.717, 1.165) is 17.3 Å². The molecule has 1 atom stereocenters. The van der Waals surface area contributed by atoms with Crippen LogP contribution in [-0.2, 0) is 6.54 Å². The molecular formula is C22H22ClN2O+. The van der Waals surface area contributed by atoms with Gasteiger partial charge in [-0.05, 0) is 43.3 Å². The van der Waals surface area contributed by atoms with Crippen LogP contribution in [0.5, 0.6) is 0 Å². The van der Waals surface area contributed by atoms with Crippen LogP contribution in [0.25, 0.3) is 0 Å². The fourth-order valence-corrected chi connectivity index (χ4v) is 2.86. The second kappa shape index (κ2) is 8.65. The van der Waals surface area contributed by atoms with Crippen molar-refractivity contribution in [3.05, 3.63) is 101 Å². The van der Waals surface area contributed by atoms with Gasteiger partial charge in [0.1, 0.15) is 12.6 Å². The summed E-state index contributed by atoms with van der Waals surface area (Å²) in [6.45, 7) is 3.02. The number of nitrogens with two attached hydrogens (primary N) is 1. The molecule has 3 rings (SSSR count). The zero-order valence-corrected chi connectivity index (χ0v) is 15.4. The zero-order valence-electron chi connectivity index (χ0n) is 14.7. The molecule has 3 aromatic carbocycles. The van der Waals surface area contributed by atoms with Gasteiger partial charge in [-0.2, -0.15) is 0 Å². The minimum Gasteiger partial charge on any atom is -0.337 e. The van der Waals surface area contributed by atoms with E-state index in [0.29, 0.717) is 11.6 Å². The maximum absolute atomic E-state index is 12.3. The van der Waals surface area contributed by atoms with Crippen LogP contribution in [0.4, 0.5) is 5.69 Å². The standard InChI is InChI=1S/C22H21ClN2O/c1-16(18-11-13-20(23)14-12-18)24-15-17-7-9-19(10-8-17)22(26)25-21-5-3-2-4-6-21/h2-14,16,24H,15H2,1H3,(H,25,26)/p+1/t16-/m0/s1. The number of hydrogen-bond acceptors (Lipinski definition) is 1. The Bertz CT molecular complexity index is 846. The van der Waals surface area contributed by atoms with Crippen molar-refractivity contribution < 1.29 is 10.1 Å². The predicted octanol–water partition coefficient (Wildman–Crippen LogP) is 4.42. The summed E-state index contributed by atoms with van der Waals surface area (Å²) in [7, 11) is 0. The predicted molar refractivity (Wildman–Crippen MR) is 106 cm³/mol. The molecule has 0 bridgehead atoms. The van der Waals surface area contributed by atoms with Gasteiger partial charge in [-0.15, -0.1) is 0 Å². The third-order valence-electron chi connectivity index (χ3n) is 4.35. The highest BCUT2D eigenvalue weighted by atomic mass is 35.5. The number of carbonyl (C=O) groups excluding carboxylic acids is 1. The minimum absolute atomic E-state index is 0.0961. The Labute approximate surface area is 159 Å². The lowest BCUT2D eigenvalue weighted by atomic mass is 10.1. The van der Waals surface area contributed by atoms with Gasteiger partial charge < -0.3 is 10.6 Å². The molecule has 3 N–H and O–H groups in total. The summed E-state index contributed by atoms with van der Waals surface area (Å²) in [5, 5.41) is 5.92. The molecule has 0 saturated heterocycles. The number of quaternary nitrogens is 1. The van der Waals surface area contributed by atoms with Gasteiger partial charge in [0.05, 0.1) is 0 Å². The first-order chi connectivity index (χ1) is 12.6. The number of para-hydroxylation sites is 1. The fourth-order valence-electron chi connectivity index (χ4n) is 2.73. The summed E-state index contributed by atoms with van der Waals surface area (Å²) in [6.07, 6.45) is 0. The topological polar surface area (TPSA) is 45.7 Å². The molecule has 1 amide bonds. The van der Waals surface area contributed by atoms with Gasteiger partial charge in [0.25, 0.3) is 5.91 Å². The SMILES string of the molecule is C[C@H]([NH2+]Cc1ccc(C(=O)Nc2ccccc2)cc1)c1ccc(Cl)cc1. The largest absolute Gasteiger partial charge is 0.337 e. The normalized spacial score (nSPS) is 11.8. The van der Waals surface area contributed by atoms with Gasteiger partial charge in [-0.1, -0.05) is 54.1 Å². The molecule has 0 aromatic heterocycles. The monoisotopic (exact) mass is 365 g/mol. The number of anilines is 1. The second-order valence-corrected chi connectivity index (χ2v) is 6.73. The van der Waals surface area contributed by atoms with E-state index in [-0.39, 0.29) is 5.91 Å². The number of benzene rings is 3. The number of amides is 1. The minimum atomic E-state index is -0.0961. The molecule has 4 heteroatoms. The van der Waals surface area contributed by atoms with Gasteiger partial charge in [-0.3, -0.25) is 4.79 Å². The first-order valence-electron chi connectivity index (χ1n) is 8.66. The molecule has 132 valence electrons. The second-order valence-electron chi connectivity index (χ2n) is 6.30. The van der Waals surface area contributed by atoms with Gasteiger partial charge in [0.15, 0.2) is 0 Å². The van der Waals surface area contributed by atoms with Crippen molar-refractivity contribution in [3.63, 3.8) is 0 Å². The smallest absolute Gasteiger partial charge is 0.255 e. The lowest BCUT2D eigenvalue weighted by molar-refractivity contribution is -0.707. The highest BCUT2D eigenvalue weighted by Crippen LogP contribution is 2.14. The van der Waals surface area contributed by atoms with Gasteiger partial charge in [-0.25, -0.2) is 0 Å². The van der Waals surface area contributed by atoms with Crippen LogP contribution in [0.2, 0.25) is 5.02 Å². The number of halogens is 1. The first kappa shape index (κ1) is 18.2. The van der Waals surface area contributed by atoms with E-state index in [9.17, 15) is 4.79 Å². The number of carbonyl (C=O) groups is 1. The molecule has 0 heterocycles. The Morgan fingerprint density at radius 3 is 2.27 bits per heavy atom. The van der Waals surface area contributed by atoms with E-state index in [1.807, 2.05) is 66.7 Å². The summed E-state index contributed by atoms with van der Waals surface area (Å²) in [5.74, 6) is -0.0961. The Kier molecular flexibility index (Phi) is 6.05. The van der Waals surface area contributed by atoms with Gasteiger partial charge >= 0.3 is 0 Å². The molecule has 3 nitrogen and oxygen atoms in total. The quantitative estimate of drug-likeness (QED) is 0.667. The van der Waals surface area contributed by atoms with E-state index >= 15 is 0 Å². The molecule has 0 unspecified atom stereocenters. The Balaban J connectivity index is 1.55. The fraction of sp³-hybridized carbons (Fsp3) is 0.136. The lowest BCUT2D eigenvalue weighted by Crippen LogP contribution is -2.83. The summed E-state index contributed by atoms with van der Waals surface area (Å²) < 4.78 is 0. The number of hydrogen-bond donors (Lipinski definition) is 2. The van der Waals surface area contributed by atoms with Crippen LogP contribution in [0.1, 0.15) is 34.5 Å². The molecule has 0 spiro atoms. The van der Waals surface area contributed by atoms with Crippen LogP contribution in [0.3, 0.4) is 0 Å². The Hall–Kier alpha value is -2.62. The lowest BCUT2D eigenvalue weighted by Gasteiger charge is -2.11. The van der Waals surface area contributed by atoms with E-state index in [4.69, 9.17) is 11.6 Å². The third kappa shape index (κ3) is 4.94. The number of nitrogens with one attached hydrogen (secondary N) is 1. The maximum atomic E-state index is 12.3. The van der Waals surface area contributed by atoms with Crippen molar-refractivity contribution in [1.29, 1.82) is 0 Å². The van der Waals surface area contributed by atoms with Crippen LogP contribution >= 0.6 is 11.6 Å². The van der Waals surface area contributed by atoms with E-state index in [1.54, 1.807) is 0 Å². The average Bonchev–Trinajstić information content (AvgIpc) is 2.68. The summed E-state index contributed by atoms with van der Waals surface area (Å²) in [6, 6.07) is 25.5. The molecule has 0 radical (unpaired) electrons. The zero-order chi connectivity index (χ0) is 18.4. The Morgan fingerprint density at radius 1 is 0.962 bits per heavy atom. The van der Waals surface area contributed by atoms with Gasteiger partial charge in [0.2, 0.25) is 0 Å². The van der Waals surface area contributed by atoms with Crippen molar-refractivity contribution >= 4 is 23.2 Å². The van der Waals surface area contributed by atoms with Crippen molar-refractivity contribution in [2.75, 3.05) is 5.32 Å². The van der Waals surface area contributed by atoms with Gasteiger partial charge in [0, 0.05) is 27.4 Å². The van der Waals surface area contributed by atoms with Crippen molar-refractivity contribution in [3.8, 4) is 0 Å². The van der Waals surface area contributed by atoms with Crippen LogP contribution < -0.4 is 10.6 Å². The summed E-state index contributed by atoms with van der Waals surface area (Å²) in [5.41, 5.74) is 3.88. The van der Waals surface area contributed by atoms with E-state index < -0.39 is 0 Å². The summed E-state index contributed by atoms with van der Waals surface area (Å²) >= 11 is 5.94. The van der Waals surface area contributed by atoms with E-state index in [1.165, 1.54) is 11.1 Å². The molecule has 0 aliphatic carbocycles. The van der Waals surface area contributed by atoms with Crippen molar-refractivity contribution in [1.82, 2.24) is 0 Å².